The maximum Gasteiger partial charge on any atom is 0.211 e. The van der Waals surface area contributed by atoms with Crippen LogP contribution in [0.5, 0.6) is 0 Å². The third-order valence-corrected chi connectivity index (χ3v) is 5.45. The van der Waals surface area contributed by atoms with Crippen LogP contribution in [0.25, 0.3) is 0 Å². The quantitative estimate of drug-likeness (QED) is 0.811. The van der Waals surface area contributed by atoms with Crippen LogP contribution < -0.4 is 9.62 Å². The molecule has 0 unspecified atom stereocenters. The topological polar surface area (TPSA) is 65.5 Å². The zero-order valence-corrected chi connectivity index (χ0v) is 14.3. The molecule has 0 spiro atoms. The van der Waals surface area contributed by atoms with E-state index in [4.69, 9.17) is 0 Å². The fraction of sp³-hybridized carbons (Fsp3) is 0.667. The number of anilines is 1. The number of nitrogens with one attached hydrogen (secondary N) is 1. The highest BCUT2D eigenvalue weighted by Crippen LogP contribution is 2.14. The highest BCUT2D eigenvalue weighted by molar-refractivity contribution is 7.89. The summed E-state index contributed by atoms with van der Waals surface area (Å²) in [5.74, 6) is 1.14. The van der Waals surface area contributed by atoms with Gasteiger partial charge in [-0.3, -0.25) is 0 Å². The van der Waals surface area contributed by atoms with Crippen molar-refractivity contribution in [3.63, 3.8) is 0 Å². The van der Waals surface area contributed by atoms with Gasteiger partial charge in [0.25, 0.3) is 0 Å². The molecule has 1 N–H and O–H groups in total. The fourth-order valence-corrected chi connectivity index (χ4v) is 3.60. The van der Waals surface area contributed by atoms with Gasteiger partial charge >= 0.3 is 0 Å². The Kier molecular flexibility index (Phi) is 6.16. The highest BCUT2D eigenvalue weighted by Gasteiger charge is 2.16. The smallest absolute Gasteiger partial charge is 0.211 e. The minimum atomic E-state index is -3.16. The summed E-state index contributed by atoms with van der Waals surface area (Å²) in [5, 5.41) is 0. The summed E-state index contributed by atoms with van der Waals surface area (Å²) >= 11 is 0. The molecule has 0 aromatic carbocycles. The first-order valence-electron chi connectivity index (χ1n) is 7.93. The van der Waals surface area contributed by atoms with Gasteiger partial charge in [0.05, 0.1) is 5.75 Å². The lowest BCUT2D eigenvalue weighted by Crippen LogP contribution is -2.46. The van der Waals surface area contributed by atoms with Crippen LogP contribution >= 0.6 is 0 Å². The van der Waals surface area contributed by atoms with Crippen LogP contribution in [0.2, 0.25) is 0 Å². The van der Waals surface area contributed by atoms with Crippen LogP contribution in [0.15, 0.2) is 18.3 Å². The molecule has 1 fully saturated rings. The Balaban J connectivity index is 1.88. The molecule has 1 aliphatic rings. The van der Waals surface area contributed by atoms with E-state index >= 15 is 0 Å². The molecule has 0 bridgehead atoms. The van der Waals surface area contributed by atoms with Crippen molar-refractivity contribution in [2.75, 3.05) is 43.4 Å². The second-order valence-corrected chi connectivity index (χ2v) is 7.51. The summed E-state index contributed by atoms with van der Waals surface area (Å²) in [6.45, 7) is 9.55. The number of likely N-dealkylation sites (N-methyl/N-ethyl adjacent to an activating group) is 1. The zero-order valence-electron chi connectivity index (χ0n) is 13.5. The number of hydrogen-bond donors (Lipinski definition) is 1. The number of pyridine rings is 1. The fourth-order valence-electron chi connectivity index (χ4n) is 2.54. The maximum absolute atomic E-state index is 11.6. The van der Waals surface area contributed by atoms with Gasteiger partial charge in [0.2, 0.25) is 10.0 Å². The van der Waals surface area contributed by atoms with Crippen LogP contribution in [0, 0.1) is 0 Å². The number of nitrogens with zero attached hydrogens (tertiary/aromatic N) is 3. The average molecular weight is 326 g/mol. The first kappa shape index (κ1) is 17.2. The average Bonchev–Trinajstić information content (AvgIpc) is 2.54. The molecule has 6 nitrogen and oxygen atoms in total. The summed E-state index contributed by atoms with van der Waals surface area (Å²) < 4.78 is 25.9. The number of rotatable bonds is 7. The van der Waals surface area contributed by atoms with E-state index in [1.54, 1.807) is 6.20 Å². The molecule has 7 heteroatoms. The molecule has 0 amide bonds. The van der Waals surface area contributed by atoms with Gasteiger partial charge in [-0.2, -0.15) is 0 Å². The molecular formula is C15H26N4O2S. The van der Waals surface area contributed by atoms with Crippen molar-refractivity contribution >= 4 is 15.8 Å². The van der Waals surface area contributed by atoms with E-state index in [9.17, 15) is 8.42 Å². The second-order valence-electron chi connectivity index (χ2n) is 5.59. The molecule has 0 radical (unpaired) electrons. The van der Waals surface area contributed by atoms with Crippen LogP contribution in [-0.4, -0.2) is 56.8 Å². The van der Waals surface area contributed by atoms with Crippen molar-refractivity contribution in [2.24, 2.45) is 0 Å². The Bertz CT molecular complexity index is 551. The standard InChI is InChI=1S/C15H26N4O2S/c1-3-11-22(20,21)17-13-14-5-6-15(16-12-14)19-9-7-18(4-2)8-10-19/h5-6,12,17H,3-4,7-11,13H2,1-2H3. The summed E-state index contributed by atoms with van der Waals surface area (Å²) in [6, 6.07) is 3.92. The lowest BCUT2D eigenvalue weighted by molar-refractivity contribution is 0.270. The molecule has 1 aromatic heterocycles. The SMILES string of the molecule is CCCS(=O)(=O)NCc1ccc(N2CCN(CC)CC2)nc1. The molecule has 0 aliphatic carbocycles. The predicted octanol–water partition coefficient (Wildman–Crippen LogP) is 1.05. The third kappa shape index (κ3) is 4.93. The van der Waals surface area contributed by atoms with E-state index in [0.29, 0.717) is 13.0 Å². The molecular weight excluding hydrogens is 300 g/mol. The molecule has 22 heavy (non-hydrogen) atoms. The zero-order chi connectivity index (χ0) is 16.0. The largest absolute Gasteiger partial charge is 0.354 e. The predicted molar refractivity (Wildman–Crippen MR) is 89.5 cm³/mol. The maximum atomic E-state index is 11.6. The van der Waals surface area contributed by atoms with Gasteiger partial charge in [0.1, 0.15) is 5.82 Å². The summed E-state index contributed by atoms with van der Waals surface area (Å²) in [7, 11) is -3.16. The van der Waals surface area contributed by atoms with Gasteiger partial charge in [0, 0.05) is 38.9 Å². The Morgan fingerprint density at radius 3 is 2.45 bits per heavy atom. The van der Waals surface area contributed by atoms with Crippen LogP contribution in [-0.2, 0) is 16.6 Å². The molecule has 0 atom stereocenters. The van der Waals surface area contributed by atoms with Gasteiger partial charge < -0.3 is 9.80 Å². The Morgan fingerprint density at radius 1 is 1.18 bits per heavy atom. The second kappa shape index (κ2) is 7.89. The number of aromatic nitrogens is 1. The number of piperazine rings is 1. The van der Waals surface area contributed by atoms with Crippen molar-refractivity contribution in [3.05, 3.63) is 23.9 Å². The van der Waals surface area contributed by atoms with Crippen LogP contribution in [0.3, 0.4) is 0 Å². The lowest BCUT2D eigenvalue weighted by Gasteiger charge is -2.34. The van der Waals surface area contributed by atoms with Gasteiger partial charge in [0.15, 0.2) is 0 Å². The molecule has 1 aliphatic heterocycles. The van der Waals surface area contributed by atoms with Crippen LogP contribution in [0.4, 0.5) is 5.82 Å². The summed E-state index contributed by atoms with van der Waals surface area (Å²) in [5.41, 5.74) is 0.885. The van der Waals surface area contributed by atoms with E-state index in [1.165, 1.54) is 0 Å². The molecule has 1 saturated heterocycles. The minimum absolute atomic E-state index is 0.167. The minimum Gasteiger partial charge on any atom is -0.354 e. The van der Waals surface area contributed by atoms with Crippen molar-refractivity contribution in [1.82, 2.24) is 14.6 Å². The first-order chi connectivity index (χ1) is 10.5. The van der Waals surface area contributed by atoms with E-state index in [-0.39, 0.29) is 5.75 Å². The summed E-state index contributed by atoms with van der Waals surface area (Å²) in [4.78, 5) is 9.17. The van der Waals surface area contributed by atoms with Gasteiger partial charge in [-0.15, -0.1) is 0 Å². The van der Waals surface area contributed by atoms with Crippen molar-refractivity contribution in [1.29, 1.82) is 0 Å². The van der Waals surface area contributed by atoms with Crippen LogP contribution in [0.1, 0.15) is 25.8 Å². The normalized spacial score (nSPS) is 16.9. The summed E-state index contributed by atoms with van der Waals surface area (Å²) in [6.07, 6.45) is 2.38. The lowest BCUT2D eigenvalue weighted by atomic mass is 10.2. The van der Waals surface area contributed by atoms with E-state index in [1.807, 2.05) is 19.1 Å². The number of hydrogen-bond acceptors (Lipinski definition) is 5. The Labute approximate surface area is 133 Å². The first-order valence-corrected chi connectivity index (χ1v) is 9.59. The Morgan fingerprint density at radius 2 is 1.91 bits per heavy atom. The molecule has 2 rings (SSSR count). The van der Waals surface area contributed by atoms with Crippen molar-refractivity contribution < 1.29 is 8.42 Å². The molecule has 1 aromatic rings. The van der Waals surface area contributed by atoms with E-state index in [2.05, 4.69) is 26.4 Å². The monoisotopic (exact) mass is 326 g/mol. The molecule has 2 heterocycles. The van der Waals surface area contributed by atoms with Gasteiger partial charge in [-0.1, -0.05) is 19.9 Å². The van der Waals surface area contributed by atoms with E-state index in [0.717, 1.165) is 44.1 Å². The molecule has 0 saturated carbocycles. The van der Waals surface area contributed by atoms with Crippen molar-refractivity contribution in [3.8, 4) is 0 Å². The van der Waals surface area contributed by atoms with Gasteiger partial charge in [-0.25, -0.2) is 18.1 Å². The molecule has 124 valence electrons. The Hall–Kier alpha value is -1.18. The van der Waals surface area contributed by atoms with Crippen molar-refractivity contribution in [2.45, 2.75) is 26.8 Å². The van der Waals surface area contributed by atoms with Gasteiger partial charge in [-0.05, 0) is 24.6 Å². The highest BCUT2D eigenvalue weighted by atomic mass is 32.2. The number of sulfonamides is 1. The van der Waals surface area contributed by atoms with E-state index < -0.39 is 10.0 Å². The third-order valence-electron chi connectivity index (χ3n) is 3.92.